The molecule has 1 rings (SSSR count). The lowest BCUT2D eigenvalue weighted by atomic mass is 9.99. The van der Waals surface area contributed by atoms with E-state index in [0.29, 0.717) is 6.04 Å². The molecule has 0 fully saturated rings. The molecule has 1 atom stereocenters. The minimum atomic E-state index is 0.473. The van der Waals surface area contributed by atoms with Gasteiger partial charge in [-0.2, -0.15) is 0 Å². The second-order valence-corrected chi connectivity index (χ2v) is 6.28. The molecule has 0 aliphatic rings. The molecular formula is C17H28BrN. The standard InChI is InChI=1S/C17H28BrN/c1-4-5-6-7-8-9-10-17(19-3)15-12-11-14(2)13-16(15)18/h11-13,17,19H,4-10H2,1-3H3. The number of hydrogen-bond donors (Lipinski definition) is 1. The zero-order valence-corrected chi connectivity index (χ0v) is 14.2. The maximum atomic E-state index is 3.69. The quantitative estimate of drug-likeness (QED) is 0.568. The first-order valence-electron chi connectivity index (χ1n) is 7.62. The molecule has 2 heteroatoms. The van der Waals surface area contributed by atoms with E-state index in [2.05, 4.69) is 60.3 Å². The minimum Gasteiger partial charge on any atom is -0.313 e. The van der Waals surface area contributed by atoms with Crippen LogP contribution in [-0.4, -0.2) is 7.05 Å². The van der Waals surface area contributed by atoms with E-state index in [1.165, 1.54) is 60.5 Å². The van der Waals surface area contributed by atoms with Crippen LogP contribution in [0.2, 0.25) is 0 Å². The Labute approximate surface area is 127 Å². The Bertz CT molecular complexity index is 362. The van der Waals surface area contributed by atoms with Crippen LogP contribution < -0.4 is 5.32 Å². The van der Waals surface area contributed by atoms with Crippen LogP contribution in [0.15, 0.2) is 22.7 Å². The van der Waals surface area contributed by atoms with E-state index in [0.717, 1.165) is 0 Å². The number of halogens is 1. The number of hydrogen-bond acceptors (Lipinski definition) is 1. The summed E-state index contributed by atoms with van der Waals surface area (Å²) >= 11 is 3.69. The van der Waals surface area contributed by atoms with Crippen LogP contribution in [0.4, 0.5) is 0 Å². The van der Waals surface area contributed by atoms with Gasteiger partial charge in [0, 0.05) is 10.5 Å². The van der Waals surface area contributed by atoms with E-state index in [-0.39, 0.29) is 0 Å². The van der Waals surface area contributed by atoms with Crippen molar-refractivity contribution in [2.75, 3.05) is 7.05 Å². The van der Waals surface area contributed by atoms with Crippen molar-refractivity contribution in [2.24, 2.45) is 0 Å². The van der Waals surface area contributed by atoms with E-state index in [4.69, 9.17) is 0 Å². The minimum absolute atomic E-state index is 0.473. The Kier molecular flexibility index (Phi) is 8.40. The van der Waals surface area contributed by atoms with Crippen molar-refractivity contribution in [3.8, 4) is 0 Å². The summed E-state index contributed by atoms with van der Waals surface area (Å²) in [6.07, 6.45) is 9.41. The highest BCUT2D eigenvalue weighted by Gasteiger charge is 2.12. The number of rotatable bonds is 9. The molecule has 0 heterocycles. The van der Waals surface area contributed by atoms with Crippen molar-refractivity contribution in [2.45, 2.75) is 64.8 Å². The van der Waals surface area contributed by atoms with Crippen LogP contribution >= 0.6 is 15.9 Å². The lowest BCUT2D eigenvalue weighted by Gasteiger charge is -2.18. The van der Waals surface area contributed by atoms with Gasteiger partial charge in [0.05, 0.1) is 0 Å². The fourth-order valence-electron chi connectivity index (χ4n) is 2.50. The first-order chi connectivity index (χ1) is 9.19. The average molecular weight is 326 g/mol. The molecule has 0 saturated carbocycles. The van der Waals surface area contributed by atoms with Crippen LogP contribution in [0.3, 0.4) is 0 Å². The van der Waals surface area contributed by atoms with Crippen LogP contribution in [-0.2, 0) is 0 Å². The van der Waals surface area contributed by atoms with Crippen LogP contribution in [0, 0.1) is 6.92 Å². The van der Waals surface area contributed by atoms with Gasteiger partial charge in [-0.3, -0.25) is 0 Å². The molecule has 0 spiro atoms. The Morgan fingerprint density at radius 3 is 2.42 bits per heavy atom. The Hall–Kier alpha value is -0.340. The highest BCUT2D eigenvalue weighted by Crippen LogP contribution is 2.28. The molecule has 1 aromatic rings. The summed E-state index contributed by atoms with van der Waals surface area (Å²) in [5.41, 5.74) is 2.70. The zero-order chi connectivity index (χ0) is 14.1. The number of unbranched alkanes of at least 4 members (excludes halogenated alkanes) is 5. The first kappa shape index (κ1) is 16.7. The van der Waals surface area contributed by atoms with Crippen LogP contribution in [0.5, 0.6) is 0 Å². The lowest BCUT2D eigenvalue weighted by Crippen LogP contribution is -2.16. The topological polar surface area (TPSA) is 12.0 Å². The maximum Gasteiger partial charge on any atom is 0.0328 e. The van der Waals surface area contributed by atoms with Gasteiger partial charge in [-0.05, 0) is 37.6 Å². The fraction of sp³-hybridized carbons (Fsp3) is 0.647. The smallest absolute Gasteiger partial charge is 0.0328 e. The largest absolute Gasteiger partial charge is 0.313 e. The van der Waals surface area contributed by atoms with Crippen molar-refractivity contribution in [3.63, 3.8) is 0 Å². The maximum absolute atomic E-state index is 3.69. The normalized spacial score (nSPS) is 12.6. The van der Waals surface area contributed by atoms with E-state index >= 15 is 0 Å². The Morgan fingerprint density at radius 1 is 1.11 bits per heavy atom. The molecule has 19 heavy (non-hydrogen) atoms. The van der Waals surface area contributed by atoms with Gasteiger partial charge in [-0.25, -0.2) is 0 Å². The van der Waals surface area contributed by atoms with Gasteiger partial charge in [-0.15, -0.1) is 0 Å². The second kappa shape index (κ2) is 9.55. The third kappa shape index (κ3) is 6.09. The number of aryl methyl sites for hydroxylation is 1. The van der Waals surface area contributed by atoms with Crippen LogP contribution in [0.1, 0.15) is 69.0 Å². The van der Waals surface area contributed by atoms with Gasteiger partial charge in [-0.1, -0.05) is 73.5 Å². The highest BCUT2D eigenvalue weighted by atomic mass is 79.9. The highest BCUT2D eigenvalue weighted by molar-refractivity contribution is 9.10. The molecule has 0 amide bonds. The van der Waals surface area contributed by atoms with E-state index in [9.17, 15) is 0 Å². The van der Waals surface area contributed by atoms with E-state index in [1.54, 1.807) is 0 Å². The first-order valence-corrected chi connectivity index (χ1v) is 8.41. The third-order valence-electron chi connectivity index (χ3n) is 3.73. The second-order valence-electron chi connectivity index (χ2n) is 5.42. The van der Waals surface area contributed by atoms with Gasteiger partial charge in [0.1, 0.15) is 0 Å². The monoisotopic (exact) mass is 325 g/mol. The van der Waals surface area contributed by atoms with Gasteiger partial charge >= 0.3 is 0 Å². The summed E-state index contributed by atoms with van der Waals surface area (Å²) in [5.74, 6) is 0. The number of nitrogens with one attached hydrogen (secondary N) is 1. The molecular weight excluding hydrogens is 298 g/mol. The van der Waals surface area contributed by atoms with E-state index < -0.39 is 0 Å². The van der Waals surface area contributed by atoms with Gasteiger partial charge in [0.2, 0.25) is 0 Å². The van der Waals surface area contributed by atoms with Crippen LogP contribution in [0.25, 0.3) is 0 Å². The SMILES string of the molecule is CCCCCCCCC(NC)c1ccc(C)cc1Br. The Balaban J connectivity index is 2.40. The summed E-state index contributed by atoms with van der Waals surface area (Å²) in [5, 5.41) is 3.45. The lowest BCUT2D eigenvalue weighted by molar-refractivity contribution is 0.496. The summed E-state index contributed by atoms with van der Waals surface area (Å²) in [6.45, 7) is 4.41. The van der Waals surface area contributed by atoms with Gasteiger partial charge in [0.15, 0.2) is 0 Å². The third-order valence-corrected chi connectivity index (χ3v) is 4.41. The van der Waals surface area contributed by atoms with Crippen molar-refractivity contribution in [1.29, 1.82) is 0 Å². The summed E-state index contributed by atoms with van der Waals surface area (Å²) in [7, 11) is 2.06. The van der Waals surface area contributed by atoms with E-state index in [1.807, 2.05) is 0 Å². The van der Waals surface area contributed by atoms with Crippen molar-refractivity contribution in [3.05, 3.63) is 33.8 Å². The molecule has 1 unspecified atom stereocenters. The molecule has 0 radical (unpaired) electrons. The molecule has 108 valence electrons. The summed E-state index contributed by atoms with van der Waals surface area (Å²) in [6, 6.07) is 7.13. The molecule has 1 N–H and O–H groups in total. The predicted molar refractivity (Wildman–Crippen MR) is 88.7 cm³/mol. The fourth-order valence-corrected chi connectivity index (χ4v) is 3.27. The van der Waals surface area contributed by atoms with Gasteiger partial charge in [0.25, 0.3) is 0 Å². The summed E-state index contributed by atoms with van der Waals surface area (Å²) in [4.78, 5) is 0. The molecule has 0 aliphatic carbocycles. The molecule has 1 aromatic carbocycles. The molecule has 1 nitrogen and oxygen atoms in total. The van der Waals surface area contributed by atoms with Gasteiger partial charge < -0.3 is 5.32 Å². The van der Waals surface area contributed by atoms with Crippen molar-refractivity contribution in [1.82, 2.24) is 5.32 Å². The molecule has 0 aromatic heterocycles. The zero-order valence-electron chi connectivity index (χ0n) is 12.6. The summed E-state index contributed by atoms with van der Waals surface area (Å²) < 4.78 is 1.23. The molecule has 0 bridgehead atoms. The molecule has 0 aliphatic heterocycles. The van der Waals surface area contributed by atoms with Crippen molar-refractivity contribution >= 4 is 15.9 Å². The predicted octanol–water partition coefficient (Wildman–Crippen LogP) is 5.77. The number of benzene rings is 1. The molecule has 0 saturated heterocycles. The Morgan fingerprint density at radius 2 is 1.79 bits per heavy atom. The average Bonchev–Trinajstić information content (AvgIpc) is 2.39. The van der Waals surface area contributed by atoms with Crippen molar-refractivity contribution < 1.29 is 0 Å².